The van der Waals surface area contributed by atoms with Crippen molar-refractivity contribution in [3.8, 4) is 5.75 Å². The highest BCUT2D eigenvalue weighted by Gasteiger charge is 2.28. The molecule has 2 aromatic carbocycles. The zero-order valence-electron chi connectivity index (χ0n) is 21.5. The maximum Gasteiger partial charge on any atom is 0.251 e. The van der Waals surface area contributed by atoms with Crippen molar-refractivity contribution >= 4 is 29.1 Å². The van der Waals surface area contributed by atoms with Crippen LogP contribution in [0.3, 0.4) is 0 Å². The molecular weight excluding hydrogens is 460 g/mol. The summed E-state index contributed by atoms with van der Waals surface area (Å²) in [6.45, 7) is 9.08. The molecule has 194 valence electrons. The van der Waals surface area contributed by atoms with Crippen molar-refractivity contribution in [2.24, 2.45) is 5.92 Å². The highest BCUT2D eigenvalue weighted by molar-refractivity contribution is 5.99. The van der Waals surface area contributed by atoms with Crippen molar-refractivity contribution in [2.75, 3.05) is 56.7 Å². The van der Waals surface area contributed by atoms with E-state index < -0.39 is 6.04 Å². The number of ether oxygens (including phenoxy) is 2. The van der Waals surface area contributed by atoms with Crippen LogP contribution >= 0.6 is 0 Å². The van der Waals surface area contributed by atoms with Gasteiger partial charge in [-0.15, -0.1) is 0 Å². The predicted octanol–water partition coefficient (Wildman–Crippen LogP) is 2.77. The third-order valence-electron chi connectivity index (χ3n) is 5.93. The number of carbonyl (C=O) groups excluding carboxylic acids is 3. The Morgan fingerprint density at radius 3 is 2.25 bits per heavy atom. The number of hydrogen-bond donors (Lipinski definition) is 2. The molecule has 0 aliphatic carbocycles. The minimum Gasteiger partial charge on any atom is -0.494 e. The van der Waals surface area contributed by atoms with E-state index in [0.29, 0.717) is 36.8 Å². The fourth-order valence-corrected chi connectivity index (χ4v) is 3.92. The molecular formula is C27H36N4O5. The van der Waals surface area contributed by atoms with E-state index >= 15 is 0 Å². The Labute approximate surface area is 212 Å². The lowest BCUT2D eigenvalue weighted by molar-refractivity contribution is -0.135. The van der Waals surface area contributed by atoms with Crippen LogP contribution in [0.4, 0.5) is 11.4 Å². The van der Waals surface area contributed by atoms with Crippen molar-refractivity contribution in [1.82, 2.24) is 10.2 Å². The summed E-state index contributed by atoms with van der Waals surface area (Å²) in [5.41, 5.74) is 2.16. The molecule has 1 aliphatic heterocycles. The Morgan fingerprint density at radius 2 is 1.67 bits per heavy atom. The van der Waals surface area contributed by atoms with Crippen molar-refractivity contribution < 1.29 is 23.9 Å². The average Bonchev–Trinajstić information content (AvgIpc) is 2.88. The third kappa shape index (κ3) is 7.45. The van der Waals surface area contributed by atoms with Gasteiger partial charge in [-0.1, -0.05) is 13.8 Å². The smallest absolute Gasteiger partial charge is 0.251 e. The molecule has 0 spiro atoms. The number of carbonyl (C=O) groups is 3. The number of rotatable bonds is 10. The Balaban J connectivity index is 1.54. The van der Waals surface area contributed by atoms with Crippen LogP contribution < -0.4 is 20.3 Å². The SMILES string of the molecule is CCOc1ccc(C(=O)NC(C(=O)N(C)CC(=O)Nc2ccc(N3CCOCC3)cc2)C(C)C)cc1. The highest BCUT2D eigenvalue weighted by Crippen LogP contribution is 2.19. The second kappa shape index (κ2) is 12.9. The molecule has 9 nitrogen and oxygen atoms in total. The number of hydrogen-bond acceptors (Lipinski definition) is 6. The lowest BCUT2D eigenvalue weighted by Crippen LogP contribution is -2.51. The lowest BCUT2D eigenvalue weighted by Gasteiger charge is -2.29. The number of anilines is 2. The summed E-state index contributed by atoms with van der Waals surface area (Å²) in [4.78, 5) is 42.0. The predicted molar refractivity (Wildman–Crippen MR) is 139 cm³/mol. The first-order valence-electron chi connectivity index (χ1n) is 12.3. The van der Waals surface area contributed by atoms with Gasteiger partial charge >= 0.3 is 0 Å². The van der Waals surface area contributed by atoms with E-state index in [1.807, 2.05) is 45.0 Å². The molecule has 3 amide bonds. The second-order valence-corrected chi connectivity index (χ2v) is 9.04. The minimum atomic E-state index is -0.769. The van der Waals surface area contributed by atoms with E-state index in [9.17, 15) is 14.4 Å². The van der Waals surface area contributed by atoms with Gasteiger partial charge in [-0.05, 0) is 61.4 Å². The van der Waals surface area contributed by atoms with E-state index in [-0.39, 0.29) is 30.2 Å². The quantitative estimate of drug-likeness (QED) is 0.525. The van der Waals surface area contributed by atoms with E-state index in [0.717, 1.165) is 18.8 Å². The Kier molecular flexibility index (Phi) is 9.69. The molecule has 2 N–H and O–H groups in total. The Hall–Kier alpha value is -3.59. The van der Waals surface area contributed by atoms with Crippen LogP contribution in [0.2, 0.25) is 0 Å². The van der Waals surface area contributed by atoms with Gasteiger partial charge in [-0.3, -0.25) is 14.4 Å². The molecule has 0 aromatic heterocycles. The van der Waals surface area contributed by atoms with Crippen LogP contribution in [-0.2, 0) is 14.3 Å². The molecule has 2 aromatic rings. The number of morpholine rings is 1. The van der Waals surface area contributed by atoms with Crippen LogP contribution in [-0.4, -0.2) is 75.2 Å². The Morgan fingerprint density at radius 1 is 1.03 bits per heavy atom. The maximum absolute atomic E-state index is 13.1. The first kappa shape index (κ1) is 27.0. The van der Waals surface area contributed by atoms with Gasteiger partial charge in [0.15, 0.2) is 0 Å². The second-order valence-electron chi connectivity index (χ2n) is 9.04. The summed E-state index contributed by atoms with van der Waals surface area (Å²) in [5.74, 6) is -0.495. The monoisotopic (exact) mass is 496 g/mol. The normalized spacial score (nSPS) is 14.2. The van der Waals surface area contributed by atoms with Gasteiger partial charge < -0.3 is 29.9 Å². The van der Waals surface area contributed by atoms with Gasteiger partial charge in [0.1, 0.15) is 11.8 Å². The fourth-order valence-electron chi connectivity index (χ4n) is 3.92. The molecule has 1 saturated heterocycles. The summed E-state index contributed by atoms with van der Waals surface area (Å²) in [7, 11) is 1.56. The summed E-state index contributed by atoms with van der Waals surface area (Å²) in [5, 5.41) is 5.64. The van der Waals surface area contributed by atoms with Gasteiger partial charge in [-0.2, -0.15) is 0 Å². The molecule has 1 aliphatic rings. The summed E-state index contributed by atoms with van der Waals surface area (Å²) >= 11 is 0. The highest BCUT2D eigenvalue weighted by atomic mass is 16.5. The van der Waals surface area contributed by atoms with Crippen molar-refractivity contribution in [3.05, 3.63) is 54.1 Å². The van der Waals surface area contributed by atoms with Gasteiger partial charge in [0, 0.05) is 37.1 Å². The van der Waals surface area contributed by atoms with Gasteiger partial charge in [0.05, 0.1) is 26.4 Å². The number of nitrogens with one attached hydrogen (secondary N) is 2. The van der Waals surface area contributed by atoms with Crippen LogP contribution in [0, 0.1) is 5.92 Å². The standard InChI is InChI=1S/C27H36N4O5/c1-5-36-23-12-6-20(7-13-23)26(33)29-25(19(2)3)27(34)30(4)18-24(32)28-21-8-10-22(11-9-21)31-14-16-35-17-15-31/h6-13,19,25H,5,14-18H2,1-4H3,(H,28,32)(H,29,33). The van der Waals surface area contributed by atoms with Gasteiger partial charge in [0.2, 0.25) is 11.8 Å². The van der Waals surface area contributed by atoms with Crippen molar-refractivity contribution in [2.45, 2.75) is 26.8 Å². The summed E-state index contributed by atoms with van der Waals surface area (Å²) < 4.78 is 10.8. The zero-order valence-corrected chi connectivity index (χ0v) is 21.5. The lowest BCUT2D eigenvalue weighted by atomic mass is 10.0. The first-order valence-corrected chi connectivity index (χ1v) is 12.3. The van der Waals surface area contributed by atoms with E-state index in [4.69, 9.17) is 9.47 Å². The fraction of sp³-hybridized carbons (Fsp3) is 0.444. The van der Waals surface area contributed by atoms with Crippen molar-refractivity contribution in [3.63, 3.8) is 0 Å². The number of nitrogens with zero attached hydrogens (tertiary/aromatic N) is 2. The van der Waals surface area contributed by atoms with Gasteiger partial charge in [-0.25, -0.2) is 0 Å². The zero-order chi connectivity index (χ0) is 26.1. The molecule has 36 heavy (non-hydrogen) atoms. The first-order chi connectivity index (χ1) is 17.3. The molecule has 0 saturated carbocycles. The maximum atomic E-state index is 13.1. The molecule has 9 heteroatoms. The molecule has 0 bridgehead atoms. The third-order valence-corrected chi connectivity index (χ3v) is 5.93. The molecule has 0 radical (unpaired) electrons. The molecule has 1 heterocycles. The average molecular weight is 497 g/mol. The van der Waals surface area contributed by atoms with Crippen LogP contribution in [0.25, 0.3) is 0 Å². The summed E-state index contributed by atoms with van der Waals surface area (Å²) in [6.07, 6.45) is 0. The topological polar surface area (TPSA) is 100 Å². The minimum absolute atomic E-state index is 0.133. The number of benzene rings is 2. The number of amides is 3. The molecule has 3 rings (SSSR count). The van der Waals surface area contributed by atoms with E-state index in [2.05, 4.69) is 15.5 Å². The van der Waals surface area contributed by atoms with Crippen LogP contribution in [0.5, 0.6) is 5.75 Å². The van der Waals surface area contributed by atoms with E-state index in [1.54, 1.807) is 31.3 Å². The molecule has 1 fully saturated rings. The van der Waals surface area contributed by atoms with Crippen LogP contribution in [0.1, 0.15) is 31.1 Å². The number of likely N-dealkylation sites (N-methyl/N-ethyl adjacent to an activating group) is 1. The van der Waals surface area contributed by atoms with Gasteiger partial charge in [0.25, 0.3) is 5.91 Å². The largest absolute Gasteiger partial charge is 0.494 e. The van der Waals surface area contributed by atoms with Crippen LogP contribution in [0.15, 0.2) is 48.5 Å². The summed E-state index contributed by atoms with van der Waals surface area (Å²) in [6, 6.07) is 13.6. The molecule has 1 atom stereocenters. The molecule has 1 unspecified atom stereocenters. The van der Waals surface area contributed by atoms with E-state index in [1.165, 1.54) is 4.90 Å². The van der Waals surface area contributed by atoms with Crippen molar-refractivity contribution in [1.29, 1.82) is 0 Å². The Bertz CT molecular complexity index is 1020.